The fourth-order valence-corrected chi connectivity index (χ4v) is 7.52. The lowest BCUT2D eigenvalue weighted by molar-refractivity contribution is -0.633. The highest BCUT2D eigenvalue weighted by Crippen LogP contribution is 3.09. The monoisotopic (exact) mass is 282 g/mol. The van der Waals surface area contributed by atoms with E-state index < -0.39 is 11.9 Å². The van der Waals surface area contributed by atoms with E-state index >= 15 is 0 Å². The number of hydrogen-bond acceptors (Lipinski definition) is 2. The van der Waals surface area contributed by atoms with Gasteiger partial charge in [0.25, 0.3) is 0 Å². The van der Waals surface area contributed by atoms with E-state index in [4.69, 9.17) is 0 Å². The highest BCUT2D eigenvalue weighted by molar-refractivity contribution is 5.61. The second-order valence-corrected chi connectivity index (χ2v) is 7.42. The molecule has 6 aliphatic rings. The third kappa shape index (κ3) is 0.585. The summed E-state index contributed by atoms with van der Waals surface area (Å²) < 4.78 is 40.0. The summed E-state index contributed by atoms with van der Waals surface area (Å²) in [6.45, 7) is 0.279. The van der Waals surface area contributed by atoms with Gasteiger partial charge in [0.1, 0.15) is 5.82 Å². The predicted octanol–water partition coefficient (Wildman–Crippen LogP) is 1.42. The first kappa shape index (κ1) is 10.7. The molecule has 1 heterocycles. The summed E-state index contributed by atoms with van der Waals surface area (Å²) in [4.78, 5) is 3.95. The Labute approximate surface area is 112 Å². The average molecular weight is 282 g/mol. The number of aliphatic hydroxyl groups excluding tert-OH is 1. The van der Waals surface area contributed by atoms with Crippen molar-refractivity contribution in [3.63, 3.8) is 0 Å². The summed E-state index contributed by atoms with van der Waals surface area (Å²) in [5, 5.41) is 9.57. The molecular weight excluding hydrogens is 269 g/mol. The van der Waals surface area contributed by atoms with Gasteiger partial charge in [-0.3, -0.25) is 0 Å². The third-order valence-corrected chi connectivity index (χ3v) is 7.67. The molecular formula is C14H13F3N2O. The lowest BCUT2D eigenvalue weighted by Gasteiger charge is -3.11. The molecule has 7 rings (SSSR count). The maximum absolute atomic E-state index is 12.8. The van der Waals surface area contributed by atoms with Crippen LogP contribution in [-0.4, -0.2) is 21.3 Å². The van der Waals surface area contributed by atoms with E-state index in [0.717, 1.165) is 6.20 Å². The molecule has 1 aromatic rings. The van der Waals surface area contributed by atoms with Crippen LogP contribution in [0, 0.1) is 40.9 Å². The van der Waals surface area contributed by atoms with Crippen LogP contribution in [-0.2, 0) is 18.6 Å². The molecule has 0 unspecified atom stereocenters. The van der Waals surface area contributed by atoms with Crippen LogP contribution in [0.4, 0.5) is 13.2 Å². The number of aryl methyl sites for hydroxylation is 1. The van der Waals surface area contributed by atoms with Gasteiger partial charge in [-0.05, 0) is 35.5 Å². The van der Waals surface area contributed by atoms with Crippen LogP contribution in [0.2, 0.25) is 0 Å². The largest absolute Gasteiger partial charge is 0.434 e. The van der Waals surface area contributed by atoms with E-state index in [1.807, 2.05) is 0 Å². The maximum Gasteiger partial charge on any atom is 0.434 e. The SMILES string of the molecule is Cn1cc(C(F)(F)F)nc1C12C3C4C1C1C2C3C41CO. The fourth-order valence-electron chi connectivity index (χ4n) is 7.52. The van der Waals surface area contributed by atoms with Crippen molar-refractivity contribution in [1.29, 1.82) is 0 Å². The zero-order valence-electron chi connectivity index (χ0n) is 10.7. The number of imidazole rings is 1. The minimum atomic E-state index is -4.36. The van der Waals surface area contributed by atoms with Gasteiger partial charge < -0.3 is 9.67 Å². The Morgan fingerprint density at radius 1 is 1.20 bits per heavy atom. The van der Waals surface area contributed by atoms with Crippen molar-refractivity contribution in [3.8, 4) is 0 Å². The molecule has 0 atom stereocenters. The molecule has 0 radical (unpaired) electrons. The standard InChI is InChI=1S/C14H13F3N2O/c1-19-2-4(14(15,16)17)18-11(19)13-8-5-9(13)7-10(13)6(8)12(5,7)3-20/h2,5-10,20H,3H2,1H3. The molecule has 3 nitrogen and oxygen atoms in total. The third-order valence-electron chi connectivity index (χ3n) is 7.67. The van der Waals surface area contributed by atoms with Crippen molar-refractivity contribution >= 4 is 0 Å². The van der Waals surface area contributed by atoms with E-state index in [0.29, 0.717) is 41.3 Å². The highest BCUT2D eigenvalue weighted by atomic mass is 19.4. The molecule has 0 amide bonds. The topological polar surface area (TPSA) is 38.0 Å². The van der Waals surface area contributed by atoms with Crippen molar-refractivity contribution < 1.29 is 18.3 Å². The van der Waals surface area contributed by atoms with Crippen LogP contribution in [0.5, 0.6) is 0 Å². The molecule has 6 heteroatoms. The number of rotatable bonds is 2. The number of aromatic nitrogens is 2. The minimum absolute atomic E-state index is 0.0465. The van der Waals surface area contributed by atoms with Crippen molar-refractivity contribution in [2.45, 2.75) is 11.6 Å². The van der Waals surface area contributed by atoms with Crippen LogP contribution < -0.4 is 0 Å². The Bertz CT molecular complexity index is 638. The first-order chi connectivity index (χ1) is 9.41. The van der Waals surface area contributed by atoms with Gasteiger partial charge in [0.2, 0.25) is 0 Å². The molecule has 20 heavy (non-hydrogen) atoms. The maximum atomic E-state index is 12.8. The summed E-state index contributed by atoms with van der Waals surface area (Å²) in [6, 6.07) is 0. The molecule has 0 aromatic carbocycles. The van der Waals surface area contributed by atoms with Crippen LogP contribution >= 0.6 is 0 Å². The molecule has 106 valence electrons. The van der Waals surface area contributed by atoms with Crippen LogP contribution in [0.1, 0.15) is 11.5 Å². The number of hydrogen-bond donors (Lipinski definition) is 1. The van der Waals surface area contributed by atoms with E-state index in [1.54, 1.807) is 11.6 Å². The number of alkyl halides is 3. The smallest absolute Gasteiger partial charge is 0.396 e. The quantitative estimate of drug-likeness (QED) is 0.891. The van der Waals surface area contributed by atoms with Gasteiger partial charge in [-0.1, -0.05) is 0 Å². The van der Waals surface area contributed by atoms with E-state index in [-0.39, 0.29) is 17.4 Å². The Morgan fingerprint density at radius 3 is 2.15 bits per heavy atom. The molecule has 0 spiro atoms. The van der Waals surface area contributed by atoms with E-state index in [9.17, 15) is 18.3 Å². The van der Waals surface area contributed by atoms with E-state index in [1.165, 1.54) is 0 Å². The van der Waals surface area contributed by atoms with Gasteiger partial charge in [-0.15, -0.1) is 0 Å². The Morgan fingerprint density at radius 2 is 1.75 bits per heavy atom. The Kier molecular flexibility index (Phi) is 1.25. The summed E-state index contributed by atoms with van der Waals surface area (Å²) in [7, 11) is 1.68. The van der Waals surface area contributed by atoms with Gasteiger partial charge in [-0.25, -0.2) is 4.98 Å². The van der Waals surface area contributed by atoms with Crippen LogP contribution in [0.15, 0.2) is 6.20 Å². The van der Waals surface area contributed by atoms with E-state index in [2.05, 4.69) is 4.98 Å². The summed E-state index contributed by atoms with van der Waals surface area (Å²) in [6.07, 6.45) is -3.24. The lowest BCUT2D eigenvalue weighted by atomic mass is 8.92. The zero-order valence-corrected chi connectivity index (χ0v) is 10.7. The molecule has 1 N–H and O–H groups in total. The number of aliphatic hydroxyl groups is 1. The fraction of sp³-hybridized carbons (Fsp3) is 0.786. The van der Waals surface area contributed by atoms with Gasteiger partial charge in [0, 0.05) is 30.7 Å². The second-order valence-electron chi connectivity index (χ2n) is 7.42. The van der Waals surface area contributed by atoms with Crippen molar-refractivity contribution in [2.75, 3.05) is 6.61 Å². The van der Waals surface area contributed by atoms with Crippen LogP contribution in [0.25, 0.3) is 0 Å². The van der Waals surface area contributed by atoms with Gasteiger partial charge in [0.05, 0.1) is 0 Å². The zero-order chi connectivity index (χ0) is 13.8. The second kappa shape index (κ2) is 2.34. The molecule has 0 aliphatic heterocycles. The van der Waals surface area contributed by atoms with Gasteiger partial charge >= 0.3 is 6.18 Å². The average Bonchev–Trinajstić information content (AvgIpc) is 2.80. The van der Waals surface area contributed by atoms with Gasteiger partial charge in [-0.2, -0.15) is 13.2 Å². The summed E-state index contributed by atoms with van der Waals surface area (Å²) >= 11 is 0. The summed E-state index contributed by atoms with van der Waals surface area (Å²) in [5.41, 5.74) is -0.616. The molecule has 6 saturated carbocycles. The first-order valence-electron chi connectivity index (χ1n) is 7.13. The van der Waals surface area contributed by atoms with Crippen molar-refractivity contribution in [3.05, 3.63) is 17.7 Å². The predicted molar refractivity (Wildman–Crippen MR) is 60.3 cm³/mol. The Hall–Kier alpha value is -1.04. The van der Waals surface area contributed by atoms with Gasteiger partial charge in [0.15, 0.2) is 5.69 Å². The molecule has 0 bridgehead atoms. The highest BCUT2D eigenvalue weighted by Gasteiger charge is 3.10. The molecule has 6 aliphatic carbocycles. The lowest BCUT2D eigenvalue weighted by Crippen LogP contribution is -3.11. The number of nitrogens with zero attached hydrogens (tertiary/aromatic N) is 2. The summed E-state index contributed by atoms with van der Waals surface area (Å²) in [5.74, 6) is 3.93. The first-order valence-corrected chi connectivity index (χ1v) is 7.13. The van der Waals surface area contributed by atoms with Crippen molar-refractivity contribution in [1.82, 2.24) is 9.55 Å². The van der Waals surface area contributed by atoms with Crippen LogP contribution in [0.3, 0.4) is 0 Å². The molecule has 6 fully saturated rings. The van der Waals surface area contributed by atoms with Crippen molar-refractivity contribution in [2.24, 2.45) is 48.0 Å². The minimum Gasteiger partial charge on any atom is -0.396 e. The molecule has 1 aromatic heterocycles. The molecule has 0 saturated heterocycles. The number of halogens is 3. The Balaban J connectivity index is 1.44. The normalized spacial score (nSPS) is 58.9.